The monoisotopic (exact) mass is 246 g/mol. The van der Waals surface area contributed by atoms with Crippen molar-refractivity contribution in [2.24, 2.45) is 0 Å². The van der Waals surface area contributed by atoms with E-state index in [4.69, 9.17) is 0 Å². The van der Waals surface area contributed by atoms with Gasteiger partial charge in [0.15, 0.2) is 0 Å². The number of allylic oxidation sites excluding steroid dienone is 1. The molecule has 0 aliphatic rings. The van der Waals surface area contributed by atoms with Gasteiger partial charge in [-0.1, -0.05) is 36.4 Å². The molecule has 1 heterocycles. The van der Waals surface area contributed by atoms with E-state index in [0.717, 1.165) is 12.2 Å². The molecule has 0 saturated carbocycles. The number of hydrogen-bond acceptors (Lipinski definition) is 2. The molecule has 0 amide bonds. The van der Waals surface area contributed by atoms with Crippen LogP contribution >= 0.6 is 24.0 Å². The van der Waals surface area contributed by atoms with Gasteiger partial charge in [0.2, 0.25) is 0 Å². The Morgan fingerprint density at radius 1 is 1.06 bits per heavy atom. The van der Waals surface area contributed by atoms with Crippen LogP contribution < -0.4 is 0 Å². The van der Waals surface area contributed by atoms with Gasteiger partial charge in [0.25, 0.3) is 0 Å². The van der Waals surface area contributed by atoms with E-state index in [1.165, 1.54) is 15.3 Å². The quantitative estimate of drug-likeness (QED) is 0.740. The van der Waals surface area contributed by atoms with Gasteiger partial charge in [-0.3, -0.25) is 0 Å². The summed E-state index contributed by atoms with van der Waals surface area (Å²) in [6.07, 6.45) is 5.38. The SMILES string of the molecule is SCCC=Cc1ccc(-c2ccccc2)s1. The lowest BCUT2D eigenvalue weighted by atomic mass is 10.2. The molecule has 16 heavy (non-hydrogen) atoms. The van der Waals surface area contributed by atoms with Crippen LogP contribution in [0.4, 0.5) is 0 Å². The van der Waals surface area contributed by atoms with Crippen LogP contribution in [0.2, 0.25) is 0 Å². The third-order valence-electron chi connectivity index (χ3n) is 2.26. The summed E-state index contributed by atoms with van der Waals surface area (Å²) in [5.74, 6) is 0.910. The largest absolute Gasteiger partial charge is 0.179 e. The maximum Gasteiger partial charge on any atom is 0.0349 e. The second-order valence-electron chi connectivity index (χ2n) is 3.48. The fourth-order valence-corrected chi connectivity index (χ4v) is 2.57. The smallest absolute Gasteiger partial charge is 0.0349 e. The first-order valence-corrected chi connectivity index (χ1v) is 6.78. The third-order valence-corrected chi connectivity index (χ3v) is 3.62. The van der Waals surface area contributed by atoms with Gasteiger partial charge in [-0.05, 0) is 35.9 Å². The summed E-state index contributed by atoms with van der Waals surface area (Å²) in [7, 11) is 0. The highest BCUT2D eigenvalue weighted by molar-refractivity contribution is 7.80. The standard InChI is InChI=1S/C14H14S2/c15-11-5-4-8-13-9-10-14(16-13)12-6-2-1-3-7-12/h1-4,6-10,15H,5,11H2. The maximum atomic E-state index is 4.18. The van der Waals surface area contributed by atoms with Crippen LogP contribution in [0.15, 0.2) is 48.5 Å². The summed E-state index contributed by atoms with van der Waals surface area (Å²) in [6, 6.07) is 14.8. The van der Waals surface area contributed by atoms with E-state index < -0.39 is 0 Å². The van der Waals surface area contributed by atoms with E-state index in [9.17, 15) is 0 Å². The highest BCUT2D eigenvalue weighted by Gasteiger charge is 1.99. The molecule has 0 nitrogen and oxygen atoms in total. The van der Waals surface area contributed by atoms with Gasteiger partial charge in [0.1, 0.15) is 0 Å². The number of hydrogen-bond donors (Lipinski definition) is 1. The zero-order chi connectivity index (χ0) is 11.2. The van der Waals surface area contributed by atoms with Crippen molar-refractivity contribution in [2.45, 2.75) is 6.42 Å². The molecule has 2 aromatic rings. The lowest BCUT2D eigenvalue weighted by Gasteiger charge is -1.94. The van der Waals surface area contributed by atoms with Gasteiger partial charge >= 0.3 is 0 Å². The molecule has 0 bridgehead atoms. The molecule has 0 aliphatic carbocycles. The molecular weight excluding hydrogens is 232 g/mol. The Hall–Kier alpha value is -0.990. The molecule has 1 aromatic carbocycles. The van der Waals surface area contributed by atoms with Crippen LogP contribution in [0.25, 0.3) is 16.5 Å². The highest BCUT2D eigenvalue weighted by Crippen LogP contribution is 2.28. The van der Waals surface area contributed by atoms with Crippen molar-refractivity contribution < 1.29 is 0 Å². The van der Waals surface area contributed by atoms with Crippen molar-refractivity contribution >= 4 is 30.0 Å². The van der Waals surface area contributed by atoms with Crippen LogP contribution in [0.1, 0.15) is 11.3 Å². The summed E-state index contributed by atoms with van der Waals surface area (Å²) in [5.41, 5.74) is 1.29. The number of thiol groups is 1. The minimum atomic E-state index is 0.910. The lowest BCUT2D eigenvalue weighted by Crippen LogP contribution is -1.67. The molecule has 2 heteroatoms. The first-order valence-electron chi connectivity index (χ1n) is 5.33. The summed E-state index contributed by atoms with van der Waals surface area (Å²) >= 11 is 6.01. The molecule has 0 saturated heterocycles. The molecular formula is C14H14S2. The molecule has 2 rings (SSSR count). The van der Waals surface area contributed by atoms with Crippen molar-refractivity contribution in [1.82, 2.24) is 0 Å². The van der Waals surface area contributed by atoms with Crippen molar-refractivity contribution in [3.8, 4) is 10.4 Å². The summed E-state index contributed by atoms with van der Waals surface area (Å²) in [5, 5.41) is 0. The second-order valence-corrected chi connectivity index (χ2v) is 5.05. The van der Waals surface area contributed by atoms with Gasteiger partial charge in [0.05, 0.1) is 0 Å². The molecule has 0 unspecified atom stereocenters. The van der Waals surface area contributed by atoms with Crippen LogP contribution in [0.3, 0.4) is 0 Å². The summed E-state index contributed by atoms with van der Waals surface area (Å²) in [6.45, 7) is 0. The fraction of sp³-hybridized carbons (Fsp3) is 0.143. The van der Waals surface area contributed by atoms with E-state index in [1.54, 1.807) is 0 Å². The first-order chi connectivity index (χ1) is 7.90. The molecule has 82 valence electrons. The molecule has 0 atom stereocenters. The molecule has 0 N–H and O–H groups in total. The maximum absolute atomic E-state index is 4.18. The van der Waals surface area contributed by atoms with E-state index >= 15 is 0 Å². The fourth-order valence-electron chi connectivity index (χ4n) is 1.47. The minimum absolute atomic E-state index is 0.910. The lowest BCUT2D eigenvalue weighted by molar-refractivity contribution is 1.26. The molecule has 0 radical (unpaired) electrons. The predicted octanol–water partition coefficient (Wildman–Crippen LogP) is 4.75. The van der Waals surface area contributed by atoms with Gasteiger partial charge in [-0.2, -0.15) is 12.6 Å². The Morgan fingerprint density at radius 2 is 1.88 bits per heavy atom. The van der Waals surface area contributed by atoms with E-state index in [0.29, 0.717) is 0 Å². The van der Waals surface area contributed by atoms with E-state index in [1.807, 2.05) is 17.4 Å². The summed E-state index contributed by atoms with van der Waals surface area (Å²) in [4.78, 5) is 2.63. The Labute approximate surface area is 106 Å². The Morgan fingerprint density at radius 3 is 2.62 bits per heavy atom. The van der Waals surface area contributed by atoms with Crippen LogP contribution in [0.5, 0.6) is 0 Å². The zero-order valence-electron chi connectivity index (χ0n) is 8.97. The summed E-state index contributed by atoms with van der Waals surface area (Å²) < 4.78 is 0. The molecule has 0 aliphatic heterocycles. The molecule has 0 spiro atoms. The van der Waals surface area contributed by atoms with Gasteiger partial charge in [-0.25, -0.2) is 0 Å². The van der Waals surface area contributed by atoms with E-state index in [-0.39, 0.29) is 0 Å². The molecule has 0 fully saturated rings. The third kappa shape index (κ3) is 3.00. The average Bonchev–Trinajstić information content (AvgIpc) is 2.79. The van der Waals surface area contributed by atoms with Gasteiger partial charge in [0, 0.05) is 9.75 Å². The van der Waals surface area contributed by atoms with Crippen molar-refractivity contribution in [2.75, 3.05) is 5.75 Å². The van der Waals surface area contributed by atoms with E-state index in [2.05, 4.69) is 61.2 Å². The first kappa shape index (κ1) is 11.5. The number of thiophene rings is 1. The molecule has 1 aromatic heterocycles. The zero-order valence-corrected chi connectivity index (χ0v) is 10.7. The number of benzene rings is 1. The van der Waals surface area contributed by atoms with Crippen molar-refractivity contribution in [3.63, 3.8) is 0 Å². The number of rotatable bonds is 4. The Bertz CT molecular complexity index is 455. The van der Waals surface area contributed by atoms with Crippen LogP contribution in [-0.2, 0) is 0 Å². The topological polar surface area (TPSA) is 0 Å². The average molecular weight is 246 g/mol. The van der Waals surface area contributed by atoms with Crippen molar-refractivity contribution in [3.05, 3.63) is 53.4 Å². The van der Waals surface area contributed by atoms with Crippen LogP contribution in [0, 0.1) is 0 Å². The van der Waals surface area contributed by atoms with Gasteiger partial charge in [-0.15, -0.1) is 11.3 Å². The van der Waals surface area contributed by atoms with Crippen molar-refractivity contribution in [1.29, 1.82) is 0 Å². The highest BCUT2D eigenvalue weighted by atomic mass is 32.1. The van der Waals surface area contributed by atoms with Gasteiger partial charge < -0.3 is 0 Å². The predicted molar refractivity (Wildman–Crippen MR) is 77.3 cm³/mol. The van der Waals surface area contributed by atoms with Crippen LogP contribution in [-0.4, -0.2) is 5.75 Å². The Kier molecular flexibility index (Phi) is 4.25. The second kappa shape index (κ2) is 5.92. The minimum Gasteiger partial charge on any atom is -0.179 e. The normalized spacial score (nSPS) is 11.1. The Balaban J connectivity index is 2.14.